The Morgan fingerprint density at radius 2 is 1.82 bits per heavy atom. The van der Waals surface area contributed by atoms with Crippen molar-refractivity contribution in [2.45, 2.75) is 13.0 Å². The summed E-state index contributed by atoms with van der Waals surface area (Å²) in [7, 11) is 1.24. The van der Waals surface area contributed by atoms with Crippen molar-refractivity contribution in [3.63, 3.8) is 0 Å². The molecule has 0 aliphatic carbocycles. The maximum absolute atomic E-state index is 12.6. The van der Waals surface area contributed by atoms with Crippen molar-refractivity contribution < 1.29 is 19.1 Å². The molecule has 0 aliphatic heterocycles. The number of hydrogen-bond donors (Lipinski definition) is 2. The van der Waals surface area contributed by atoms with Gasteiger partial charge in [0.2, 0.25) is 5.78 Å². The van der Waals surface area contributed by atoms with Crippen molar-refractivity contribution in [2.24, 2.45) is 7.05 Å². The van der Waals surface area contributed by atoms with Crippen LogP contribution in [0, 0.1) is 0 Å². The van der Waals surface area contributed by atoms with Gasteiger partial charge < -0.3 is 15.8 Å². The molecule has 3 aromatic rings. The maximum Gasteiger partial charge on any atom is 0.332 e. The molecule has 0 fully saturated rings. The number of nitrogens with one attached hydrogen (secondary N) is 1. The van der Waals surface area contributed by atoms with Gasteiger partial charge in [-0.15, -0.1) is 11.3 Å². The number of carbonyl (C=O) groups is 3. The number of hydrogen-bond acceptors (Lipinski definition) is 8. The van der Waals surface area contributed by atoms with Crippen molar-refractivity contribution in [1.29, 1.82) is 0 Å². The minimum atomic E-state index is -0.869. The van der Waals surface area contributed by atoms with Gasteiger partial charge in [0.05, 0.1) is 17.8 Å². The Kier molecular flexibility index (Phi) is 7.57. The van der Waals surface area contributed by atoms with E-state index >= 15 is 0 Å². The summed E-state index contributed by atoms with van der Waals surface area (Å²) < 4.78 is 6.84. The van der Waals surface area contributed by atoms with E-state index in [-0.39, 0.29) is 31.2 Å². The van der Waals surface area contributed by atoms with E-state index in [1.165, 1.54) is 18.4 Å². The first-order valence-electron chi connectivity index (χ1n) is 9.93. The second-order valence-corrected chi connectivity index (χ2v) is 7.99. The van der Waals surface area contributed by atoms with Gasteiger partial charge in [-0.2, -0.15) is 0 Å². The lowest BCUT2D eigenvalue weighted by Crippen LogP contribution is -2.43. The van der Waals surface area contributed by atoms with E-state index in [0.29, 0.717) is 4.88 Å². The molecular weight excluding hydrogens is 448 g/mol. The highest BCUT2D eigenvalue weighted by molar-refractivity contribution is 7.12. The van der Waals surface area contributed by atoms with E-state index in [0.717, 1.165) is 14.7 Å². The summed E-state index contributed by atoms with van der Waals surface area (Å²) in [5, 5.41) is 4.33. The third kappa shape index (κ3) is 5.63. The number of nitrogens with zero attached hydrogens (tertiary/aromatic N) is 2. The molecular formula is C22H22N4O6S. The molecule has 0 spiro atoms. The zero-order chi connectivity index (χ0) is 24.0. The molecule has 11 heteroatoms. The molecule has 2 heterocycles. The monoisotopic (exact) mass is 470 g/mol. The minimum Gasteiger partial charge on any atom is -0.457 e. The SMILES string of the molecule is Cn1c(=O)c(C(=O)COC(=O)CCNC(=O)c2cccs2)c(N)n(Cc2ccccc2)c1=O. The molecule has 1 aromatic carbocycles. The number of aromatic nitrogens is 2. The van der Waals surface area contributed by atoms with Crippen LogP contribution in [0.5, 0.6) is 0 Å². The van der Waals surface area contributed by atoms with Gasteiger partial charge in [-0.05, 0) is 17.0 Å². The predicted octanol–water partition coefficient (Wildman–Crippen LogP) is 0.785. The molecule has 0 saturated heterocycles. The van der Waals surface area contributed by atoms with Crippen LogP contribution in [0.2, 0.25) is 0 Å². The summed E-state index contributed by atoms with van der Waals surface area (Å²) in [5.41, 5.74) is 4.80. The van der Waals surface area contributed by atoms with Gasteiger partial charge in [0.15, 0.2) is 6.61 Å². The average molecular weight is 471 g/mol. The summed E-state index contributed by atoms with van der Waals surface area (Å²) >= 11 is 1.27. The van der Waals surface area contributed by atoms with Gasteiger partial charge in [-0.3, -0.25) is 28.3 Å². The molecule has 172 valence electrons. The minimum absolute atomic E-state index is 0.0234. The van der Waals surface area contributed by atoms with E-state index in [2.05, 4.69) is 5.32 Å². The van der Waals surface area contributed by atoms with Crippen molar-refractivity contribution >= 4 is 34.8 Å². The summed E-state index contributed by atoms with van der Waals surface area (Å²) in [6.45, 7) is -0.639. The van der Waals surface area contributed by atoms with Crippen molar-refractivity contribution in [1.82, 2.24) is 14.5 Å². The van der Waals surface area contributed by atoms with Gasteiger partial charge in [0, 0.05) is 13.6 Å². The van der Waals surface area contributed by atoms with Crippen LogP contribution >= 0.6 is 11.3 Å². The Morgan fingerprint density at radius 3 is 2.48 bits per heavy atom. The van der Waals surface area contributed by atoms with Crippen LogP contribution in [0.15, 0.2) is 57.4 Å². The number of anilines is 1. The number of thiophene rings is 1. The standard InChI is InChI=1S/C22H22N4O6S/c1-25-21(30)18(19(23)26(22(25)31)12-14-6-3-2-4-7-14)15(27)13-32-17(28)9-10-24-20(29)16-8-5-11-33-16/h2-8,11H,9-10,12-13,23H2,1H3,(H,24,29). The lowest BCUT2D eigenvalue weighted by Gasteiger charge is -2.14. The third-order valence-corrected chi connectivity index (χ3v) is 5.64. The molecule has 0 atom stereocenters. The van der Waals surface area contributed by atoms with Gasteiger partial charge in [-0.1, -0.05) is 36.4 Å². The van der Waals surface area contributed by atoms with Crippen LogP contribution in [0.1, 0.15) is 32.0 Å². The highest BCUT2D eigenvalue weighted by atomic mass is 32.1. The van der Waals surface area contributed by atoms with Crippen molar-refractivity contribution in [3.05, 3.63) is 84.7 Å². The van der Waals surface area contributed by atoms with Gasteiger partial charge in [0.25, 0.3) is 11.5 Å². The van der Waals surface area contributed by atoms with Gasteiger partial charge in [0.1, 0.15) is 11.4 Å². The van der Waals surface area contributed by atoms with Crippen LogP contribution in [0.3, 0.4) is 0 Å². The first-order chi connectivity index (χ1) is 15.8. The number of rotatable bonds is 9. The van der Waals surface area contributed by atoms with Gasteiger partial charge in [-0.25, -0.2) is 4.79 Å². The van der Waals surface area contributed by atoms with Crippen molar-refractivity contribution in [3.8, 4) is 0 Å². The van der Waals surface area contributed by atoms with Crippen LogP contribution in [-0.2, 0) is 23.1 Å². The Bertz CT molecular complexity index is 1280. The van der Waals surface area contributed by atoms with E-state index in [1.807, 2.05) is 6.07 Å². The fourth-order valence-electron chi connectivity index (χ4n) is 3.03. The second kappa shape index (κ2) is 10.6. The van der Waals surface area contributed by atoms with E-state index in [1.54, 1.807) is 41.8 Å². The highest BCUT2D eigenvalue weighted by Crippen LogP contribution is 2.10. The molecule has 2 aromatic heterocycles. The number of amides is 1. The zero-order valence-electron chi connectivity index (χ0n) is 17.8. The number of ketones is 1. The molecule has 33 heavy (non-hydrogen) atoms. The number of Topliss-reactive ketones (excluding diaryl/α,β-unsaturated/α-hetero) is 1. The van der Waals surface area contributed by atoms with E-state index in [4.69, 9.17) is 10.5 Å². The van der Waals surface area contributed by atoms with Crippen LogP contribution in [-0.4, -0.2) is 39.9 Å². The Hall–Kier alpha value is -3.99. The normalized spacial score (nSPS) is 10.6. The first-order valence-corrected chi connectivity index (χ1v) is 10.8. The first kappa shape index (κ1) is 23.7. The number of carbonyl (C=O) groups excluding carboxylic acids is 3. The summed E-state index contributed by atoms with van der Waals surface area (Å²) in [6.07, 6.45) is -0.161. The quantitative estimate of drug-likeness (QED) is 0.348. The van der Waals surface area contributed by atoms with E-state index in [9.17, 15) is 24.0 Å². The summed E-state index contributed by atoms with van der Waals surface area (Å²) in [6, 6.07) is 12.3. The number of ether oxygens (including phenoxy) is 1. The number of benzene rings is 1. The Labute approximate surface area is 192 Å². The molecule has 3 N–H and O–H groups in total. The van der Waals surface area contributed by atoms with Gasteiger partial charge >= 0.3 is 11.7 Å². The molecule has 0 bridgehead atoms. The van der Waals surface area contributed by atoms with Crippen LogP contribution < -0.4 is 22.3 Å². The lowest BCUT2D eigenvalue weighted by molar-refractivity contribution is -0.142. The third-order valence-electron chi connectivity index (χ3n) is 4.77. The van der Waals surface area contributed by atoms with Crippen LogP contribution in [0.4, 0.5) is 5.82 Å². The number of nitrogen functional groups attached to an aromatic ring is 1. The van der Waals surface area contributed by atoms with E-state index < -0.39 is 35.2 Å². The fourth-order valence-corrected chi connectivity index (χ4v) is 3.67. The predicted molar refractivity (Wildman–Crippen MR) is 122 cm³/mol. The molecule has 0 aliphatic rings. The van der Waals surface area contributed by atoms with Crippen molar-refractivity contribution in [2.75, 3.05) is 18.9 Å². The number of esters is 1. The summed E-state index contributed by atoms with van der Waals surface area (Å²) in [4.78, 5) is 62.0. The fraction of sp³-hybridized carbons (Fsp3) is 0.227. The van der Waals surface area contributed by atoms with Crippen LogP contribution in [0.25, 0.3) is 0 Å². The summed E-state index contributed by atoms with van der Waals surface area (Å²) in [5.74, 6) is -2.17. The largest absolute Gasteiger partial charge is 0.457 e. The molecule has 0 radical (unpaired) electrons. The molecule has 0 unspecified atom stereocenters. The maximum atomic E-state index is 12.6. The lowest BCUT2D eigenvalue weighted by atomic mass is 10.2. The average Bonchev–Trinajstić information content (AvgIpc) is 3.35. The topological polar surface area (TPSA) is 142 Å². The highest BCUT2D eigenvalue weighted by Gasteiger charge is 2.22. The smallest absolute Gasteiger partial charge is 0.332 e. The molecule has 1 amide bonds. The molecule has 3 rings (SSSR count). The zero-order valence-corrected chi connectivity index (χ0v) is 18.6. The second-order valence-electron chi connectivity index (χ2n) is 7.05. The Morgan fingerprint density at radius 1 is 1.09 bits per heavy atom. The Balaban J connectivity index is 1.65. The number of nitrogens with two attached hydrogens (primary N) is 1. The molecule has 10 nitrogen and oxygen atoms in total. The molecule has 0 saturated carbocycles.